The molecule has 0 aliphatic heterocycles. The monoisotopic (exact) mass is 216 g/mol. The van der Waals surface area contributed by atoms with Gasteiger partial charge in [-0.3, -0.25) is 4.79 Å². The van der Waals surface area contributed by atoms with E-state index >= 15 is 0 Å². The molecule has 0 aliphatic rings. The third-order valence-corrected chi connectivity index (χ3v) is 2.62. The summed E-state index contributed by atoms with van der Waals surface area (Å²) >= 11 is 11.7. The van der Waals surface area contributed by atoms with Crippen molar-refractivity contribution >= 4 is 29.0 Å². The van der Waals surface area contributed by atoms with E-state index in [1.807, 2.05) is 6.92 Å². The lowest BCUT2D eigenvalue weighted by Gasteiger charge is -2.06. The molecule has 0 fully saturated rings. The topological polar surface area (TPSA) is 17.1 Å². The van der Waals surface area contributed by atoms with Crippen molar-refractivity contribution in [2.24, 2.45) is 0 Å². The minimum Gasteiger partial charge on any atom is -0.292 e. The van der Waals surface area contributed by atoms with Gasteiger partial charge in [-0.1, -0.05) is 30.7 Å². The second-order valence-electron chi connectivity index (χ2n) is 2.72. The summed E-state index contributed by atoms with van der Waals surface area (Å²) in [6, 6.07) is 6.94. The summed E-state index contributed by atoms with van der Waals surface area (Å²) in [5.74, 6) is -0.102. The molecule has 3 heteroatoms. The van der Waals surface area contributed by atoms with Gasteiger partial charge in [-0.25, -0.2) is 0 Å². The Hall–Kier alpha value is -0.530. The number of ketones is 1. The first-order valence-corrected chi connectivity index (χ1v) is 4.91. The lowest BCUT2D eigenvalue weighted by molar-refractivity contribution is 0.0986. The molecule has 1 aromatic carbocycles. The Labute approximate surface area is 87.7 Å². The number of alkyl halides is 1. The van der Waals surface area contributed by atoms with Crippen molar-refractivity contribution in [3.05, 3.63) is 34.9 Å². The Morgan fingerprint density at radius 3 is 2.62 bits per heavy atom. The van der Waals surface area contributed by atoms with Crippen molar-refractivity contribution in [3.8, 4) is 0 Å². The van der Waals surface area contributed by atoms with Gasteiger partial charge < -0.3 is 0 Å². The molecule has 0 heterocycles. The molecular formula is C10H10Cl2O. The molecule has 13 heavy (non-hydrogen) atoms. The summed E-state index contributed by atoms with van der Waals surface area (Å²) in [5, 5.41) is -0.00787. The third kappa shape index (κ3) is 2.45. The molecule has 1 nitrogen and oxygen atoms in total. The fourth-order valence-electron chi connectivity index (χ4n) is 1.02. The summed E-state index contributed by atoms with van der Waals surface area (Å²) < 4.78 is 0. The molecule has 0 amide bonds. The molecule has 0 N–H and O–H groups in total. The summed E-state index contributed by atoms with van der Waals surface area (Å²) in [5.41, 5.74) is 0.506. The Balaban J connectivity index is 2.95. The fourth-order valence-corrected chi connectivity index (χ4v) is 1.36. The molecule has 1 unspecified atom stereocenters. The number of rotatable bonds is 3. The summed E-state index contributed by atoms with van der Waals surface area (Å²) in [6.07, 6.45) is 0.617. The number of carbonyl (C=O) groups is 1. The molecular weight excluding hydrogens is 207 g/mol. The average molecular weight is 217 g/mol. The molecule has 0 radical (unpaired) electrons. The first-order chi connectivity index (χ1) is 6.16. The minimum absolute atomic E-state index is 0.102. The van der Waals surface area contributed by atoms with Crippen LogP contribution >= 0.6 is 23.2 Å². The predicted molar refractivity (Wildman–Crippen MR) is 55.7 cm³/mol. The van der Waals surface area contributed by atoms with Crippen LogP contribution in [-0.4, -0.2) is 11.2 Å². The van der Waals surface area contributed by atoms with Crippen molar-refractivity contribution in [1.82, 2.24) is 0 Å². The minimum atomic E-state index is -0.472. The summed E-state index contributed by atoms with van der Waals surface area (Å²) in [6.45, 7) is 1.87. The molecule has 0 bridgehead atoms. The van der Waals surface area contributed by atoms with Crippen LogP contribution in [0.2, 0.25) is 5.02 Å². The van der Waals surface area contributed by atoms with Gasteiger partial charge >= 0.3 is 0 Å². The van der Waals surface area contributed by atoms with Gasteiger partial charge in [-0.2, -0.15) is 0 Å². The van der Waals surface area contributed by atoms with Gasteiger partial charge in [0.15, 0.2) is 5.78 Å². The van der Waals surface area contributed by atoms with Gasteiger partial charge in [0, 0.05) is 5.56 Å². The van der Waals surface area contributed by atoms with Crippen LogP contribution in [0.3, 0.4) is 0 Å². The lowest BCUT2D eigenvalue weighted by atomic mass is 10.1. The largest absolute Gasteiger partial charge is 0.292 e. The number of Topliss-reactive ketones (excluding diaryl/α,β-unsaturated/α-hetero) is 1. The lowest BCUT2D eigenvalue weighted by Crippen LogP contribution is -2.13. The molecule has 70 valence electrons. The highest BCUT2D eigenvalue weighted by atomic mass is 35.5. The van der Waals surface area contributed by atoms with Gasteiger partial charge in [-0.05, 0) is 18.6 Å². The highest BCUT2D eigenvalue weighted by Gasteiger charge is 2.17. The van der Waals surface area contributed by atoms with E-state index < -0.39 is 5.38 Å². The van der Waals surface area contributed by atoms with E-state index in [0.717, 1.165) is 0 Å². The molecule has 0 saturated heterocycles. The maximum Gasteiger partial charge on any atom is 0.182 e. The zero-order valence-electron chi connectivity index (χ0n) is 7.26. The number of benzene rings is 1. The van der Waals surface area contributed by atoms with Crippen LogP contribution in [0.15, 0.2) is 24.3 Å². The Morgan fingerprint density at radius 1 is 1.46 bits per heavy atom. The van der Waals surface area contributed by atoms with Gasteiger partial charge in [0.2, 0.25) is 0 Å². The molecule has 1 atom stereocenters. The standard InChI is InChI=1S/C10H10Cl2O/c1-2-8(11)10(13)7-5-3-4-6-9(7)12/h3-6,8H,2H2,1H3. The summed E-state index contributed by atoms with van der Waals surface area (Å²) in [7, 11) is 0. The second-order valence-corrected chi connectivity index (χ2v) is 3.65. The maximum atomic E-state index is 11.6. The molecule has 1 aromatic rings. The van der Waals surface area contributed by atoms with E-state index in [4.69, 9.17) is 23.2 Å². The van der Waals surface area contributed by atoms with Crippen molar-refractivity contribution in [2.75, 3.05) is 0 Å². The van der Waals surface area contributed by atoms with E-state index in [-0.39, 0.29) is 5.78 Å². The van der Waals surface area contributed by atoms with Crippen LogP contribution in [0.25, 0.3) is 0 Å². The van der Waals surface area contributed by atoms with Crippen LogP contribution < -0.4 is 0 Å². The quantitative estimate of drug-likeness (QED) is 0.559. The van der Waals surface area contributed by atoms with Crippen LogP contribution in [-0.2, 0) is 0 Å². The highest BCUT2D eigenvalue weighted by Crippen LogP contribution is 2.19. The van der Waals surface area contributed by atoms with Gasteiger partial charge in [-0.15, -0.1) is 11.6 Å². The molecule has 1 rings (SSSR count). The number of hydrogen-bond donors (Lipinski definition) is 0. The number of carbonyl (C=O) groups excluding carboxylic acids is 1. The third-order valence-electron chi connectivity index (χ3n) is 1.78. The first-order valence-electron chi connectivity index (χ1n) is 4.09. The van der Waals surface area contributed by atoms with E-state index in [2.05, 4.69) is 0 Å². The molecule has 0 aromatic heterocycles. The second kappa shape index (κ2) is 4.64. The van der Waals surface area contributed by atoms with Crippen molar-refractivity contribution in [2.45, 2.75) is 18.7 Å². The smallest absolute Gasteiger partial charge is 0.182 e. The predicted octanol–water partition coefficient (Wildman–Crippen LogP) is 3.54. The number of hydrogen-bond acceptors (Lipinski definition) is 1. The zero-order chi connectivity index (χ0) is 9.84. The van der Waals surface area contributed by atoms with Crippen LogP contribution in [0, 0.1) is 0 Å². The van der Waals surface area contributed by atoms with E-state index in [0.29, 0.717) is 17.0 Å². The molecule has 0 aliphatic carbocycles. The van der Waals surface area contributed by atoms with E-state index in [1.54, 1.807) is 24.3 Å². The van der Waals surface area contributed by atoms with Crippen molar-refractivity contribution < 1.29 is 4.79 Å². The first kappa shape index (κ1) is 10.6. The van der Waals surface area contributed by atoms with Crippen LogP contribution in [0.5, 0.6) is 0 Å². The van der Waals surface area contributed by atoms with Crippen LogP contribution in [0.4, 0.5) is 0 Å². The van der Waals surface area contributed by atoms with Gasteiger partial charge in [0.05, 0.1) is 10.4 Å². The summed E-state index contributed by atoms with van der Waals surface area (Å²) in [4.78, 5) is 11.6. The Bertz CT molecular complexity index is 310. The maximum absolute atomic E-state index is 11.6. The normalized spacial score (nSPS) is 12.5. The van der Waals surface area contributed by atoms with Gasteiger partial charge in [0.25, 0.3) is 0 Å². The van der Waals surface area contributed by atoms with E-state index in [9.17, 15) is 4.79 Å². The van der Waals surface area contributed by atoms with E-state index in [1.165, 1.54) is 0 Å². The molecule has 0 saturated carbocycles. The average Bonchev–Trinajstić information content (AvgIpc) is 2.16. The van der Waals surface area contributed by atoms with Crippen molar-refractivity contribution in [1.29, 1.82) is 0 Å². The van der Waals surface area contributed by atoms with Crippen LogP contribution in [0.1, 0.15) is 23.7 Å². The molecule has 0 spiro atoms. The van der Waals surface area contributed by atoms with Gasteiger partial charge in [0.1, 0.15) is 0 Å². The van der Waals surface area contributed by atoms with Crippen molar-refractivity contribution in [3.63, 3.8) is 0 Å². The fraction of sp³-hybridized carbons (Fsp3) is 0.300. The Morgan fingerprint density at radius 2 is 2.08 bits per heavy atom. The highest BCUT2D eigenvalue weighted by molar-refractivity contribution is 6.38. The Kier molecular flexibility index (Phi) is 3.76. The number of halogens is 2. The SMILES string of the molecule is CCC(Cl)C(=O)c1ccccc1Cl. The zero-order valence-corrected chi connectivity index (χ0v) is 8.77.